The minimum absolute atomic E-state index is 0.172. The van der Waals surface area contributed by atoms with E-state index in [1.807, 2.05) is 0 Å². The minimum atomic E-state index is -4.66. The van der Waals surface area contributed by atoms with Crippen molar-refractivity contribution in [2.45, 2.75) is 12.8 Å². The van der Waals surface area contributed by atoms with E-state index in [9.17, 15) is 31.5 Å². The maximum atomic E-state index is 13.2. The first-order valence-corrected chi connectivity index (χ1v) is 9.95. The maximum absolute atomic E-state index is 13.2. The van der Waals surface area contributed by atoms with Crippen LogP contribution in [0.1, 0.15) is 21.5 Å². The van der Waals surface area contributed by atoms with Gasteiger partial charge in [-0.3, -0.25) is 4.79 Å². The molecule has 0 heterocycles. The van der Waals surface area contributed by atoms with E-state index in [0.29, 0.717) is 10.6 Å². The zero-order valence-electron chi connectivity index (χ0n) is 17.8. The Morgan fingerprint density at radius 2 is 1.66 bits per heavy atom. The molecule has 0 fully saturated rings. The van der Waals surface area contributed by atoms with E-state index in [2.05, 4.69) is 9.84 Å². The summed E-state index contributed by atoms with van der Waals surface area (Å²) in [4.78, 5) is 25.1. The van der Waals surface area contributed by atoms with E-state index in [1.165, 1.54) is 30.5 Å². The number of alkyl halides is 5. The second-order valence-corrected chi connectivity index (χ2v) is 6.89. The summed E-state index contributed by atoms with van der Waals surface area (Å²) >= 11 is 0. The molecule has 0 aliphatic heterocycles. The highest BCUT2D eigenvalue weighted by molar-refractivity contribution is 5.98. The highest BCUT2D eigenvalue weighted by Crippen LogP contribution is 2.32. The predicted octanol–water partition coefficient (Wildman–Crippen LogP) is 5.53. The lowest BCUT2D eigenvalue weighted by atomic mass is 10.2. The Hall–Kier alpha value is -4.28. The number of carbonyl (C=O) groups excluding carboxylic acids is 2. The molecule has 0 atom stereocenters. The summed E-state index contributed by atoms with van der Waals surface area (Å²) in [7, 11) is 0. The fourth-order valence-electron chi connectivity index (χ4n) is 2.82. The lowest BCUT2D eigenvalue weighted by Crippen LogP contribution is -2.31. The summed E-state index contributed by atoms with van der Waals surface area (Å²) in [6.45, 7) is -3.99. The number of hydrogen-bond acceptors (Lipinski definition) is 5. The van der Waals surface area contributed by atoms with Crippen LogP contribution in [-0.2, 0) is 15.7 Å². The summed E-state index contributed by atoms with van der Waals surface area (Å²) in [6.07, 6.45) is -3.41. The van der Waals surface area contributed by atoms with Crippen molar-refractivity contribution in [3.05, 3.63) is 95.6 Å². The number of esters is 1. The number of halogens is 5. The first-order chi connectivity index (χ1) is 16.6. The molecule has 3 aromatic carbocycles. The lowest BCUT2D eigenvalue weighted by molar-refractivity contribution is -0.137. The number of anilines is 1. The summed E-state index contributed by atoms with van der Waals surface area (Å²) in [5.74, 6) is -2.28. The third kappa shape index (κ3) is 7.36. The van der Waals surface area contributed by atoms with Crippen molar-refractivity contribution < 1.29 is 41.0 Å². The fourth-order valence-corrected chi connectivity index (χ4v) is 2.82. The zero-order valence-corrected chi connectivity index (χ0v) is 17.8. The normalized spacial score (nSPS) is 11.5. The molecular weight excluding hydrogens is 475 g/mol. The van der Waals surface area contributed by atoms with Gasteiger partial charge in [-0.15, -0.1) is 0 Å². The summed E-state index contributed by atoms with van der Waals surface area (Å²) in [5.41, 5.74) is -0.824. The van der Waals surface area contributed by atoms with E-state index in [0.717, 1.165) is 24.3 Å². The Balaban J connectivity index is 1.80. The largest absolute Gasteiger partial charge is 0.452 e. The Morgan fingerprint density at radius 3 is 2.34 bits per heavy atom. The van der Waals surface area contributed by atoms with E-state index in [1.54, 1.807) is 30.3 Å². The zero-order chi connectivity index (χ0) is 25.4. The van der Waals surface area contributed by atoms with Gasteiger partial charge in [0.15, 0.2) is 6.61 Å². The van der Waals surface area contributed by atoms with Gasteiger partial charge in [0.25, 0.3) is 5.91 Å². The van der Waals surface area contributed by atoms with Gasteiger partial charge in [-0.1, -0.05) is 42.5 Å². The molecule has 35 heavy (non-hydrogen) atoms. The van der Waals surface area contributed by atoms with Gasteiger partial charge < -0.3 is 9.47 Å². The van der Waals surface area contributed by atoms with E-state index >= 15 is 0 Å². The van der Waals surface area contributed by atoms with Gasteiger partial charge in [0.1, 0.15) is 5.75 Å². The summed E-state index contributed by atoms with van der Waals surface area (Å²) in [5, 5.41) is 4.65. The molecule has 0 spiro atoms. The fraction of sp³-hybridized carbons (Fsp3) is 0.125. The van der Waals surface area contributed by atoms with Crippen molar-refractivity contribution in [1.82, 2.24) is 0 Å². The molecule has 6 nitrogen and oxygen atoms in total. The number of hydrogen-bond donors (Lipinski definition) is 0. The molecule has 11 heteroatoms. The Labute approximate surface area is 196 Å². The molecule has 182 valence electrons. The number of rotatable bonds is 8. The van der Waals surface area contributed by atoms with Crippen LogP contribution in [0, 0.1) is 0 Å². The van der Waals surface area contributed by atoms with Gasteiger partial charge in [0.2, 0.25) is 0 Å². The molecule has 0 saturated carbocycles. The number of benzene rings is 3. The highest BCUT2D eigenvalue weighted by Gasteiger charge is 2.31. The van der Waals surface area contributed by atoms with Crippen LogP contribution in [-0.4, -0.2) is 31.3 Å². The quantitative estimate of drug-likeness (QED) is 0.180. The van der Waals surface area contributed by atoms with Crippen LogP contribution in [0.5, 0.6) is 5.75 Å². The molecule has 3 rings (SSSR count). The van der Waals surface area contributed by atoms with Gasteiger partial charge in [-0.05, 0) is 42.0 Å². The monoisotopic (exact) mass is 492 g/mol. The van der Waals surface area contributed by atoms with Gasteiger partial charge in [-0.2, -0.15) is 32.1 Å². The molecule has 0 radical (unpaired) electrons. The van der Waals surface area contributed by atoms with Gasteiger partial charge >= 0.3 is 18.8 Å². The van der Waals surface area contributed by atoms with E-state index < -0.39 is 36.8 Å². The second kappa shape index (κ2) is 11.2. The van der Waals surface area contributed by atoms with Crippen molar-refractivity contribution >= 4 is 23.8 Å². The second-order valence-electron chi connectivity index (χ2n) is 6.89. The predicted molar refractivity (Wildman–Crippen MR) is 116 cm³/mol. The maximum Gasteiger partial charge on any atom is 0.416 e. The van der Waals surface area contributed by atoms with Gasteiger partial charge in [-0.25, -0.2) is 4.79 Å². The minimum Gasteiger partial charge on any atom is -0.452 e. The third-order valence-corrected chi connectivity index (χ3v) is 4.40. The molecule has 0 aromatic heterocycles. The number of carbonyl (C=O) groups is 2. The van der Waals surface area contributed by atoms with Crippen LogP contribution in [0.3, 0.4) is 0 Å². The summed E-state index contributed by atoms with van der Waals surface area (Å²) in [6, 6.07) is 17.1. The molecule has 0 bridgehead atoms. The van der Waals surface area contributed by atoms with Crippen LogP contribution < -0.4 is 9.75 Å². The molecule has 0 unspecified atom stereocenters. The molecule has 3 aromatic rings. The van der Waals surface area contributed by atoms with E-state index in [4.69, 9.17) is 4.74 Å². The smallest absolute Gasteiger partial charge is 0.416 e. The molecule has 0 saturated heterocycles. The number of ether oxygens (including phenoxy) is 2. The Morgan fingerprint density at radius 1 is 0.943 bits per heavy atom. The van der Waals surface area contributed by atoms with Crippen molar-refractivity contribution in [2.24, 2.45) is 5.10 Å². The van der Waals surface area contributed by atoms with Crippen LogP contribution >= 0.6 is 0 Å². The number of nitrogens with zero attached hydrogens (tertiary/aromatic N) is 2. The molecule has 0 N–H and O–H groups in total. The Bertz CT molecular complexity index is 1200. The average Bonchev–Trinajstić information content (AvgIpc) is 2.83. The topological polar surface area (TPSA) is 68.2 Å². The molecule has 0 aliphatic rings. The van der Waals surface area contributed by atoms with E-state index in [-0.39, 0.29) is 17.0 Å². The molecule has 0 aliphatic carbocycles. The van der Waals surface area contributed by atoms with Crippen LogP contribution in [0.25, 0.3) is 0 Å². The van der Waals surface area contributed by atoms with Gasteiger partial charge in [0.05, 0.1) is 23.0 Å². The van der Waals surface area contributed by atoms with Crippen LogP contribution in [0.15, 0.2) is 84.0 Å². The van der Waals surface area contributed by atoms with Crippen molar-refractivity contribution in [3.8, 4) is 5.75 Å². The van der Waals surface area contributed by atoms with Crippen molar-refractivity contribution in [1.29, 1.82) is 0 Å². The lowest BCUT2D eigenvalue weighted by Gasteiger charge is -2.18. The summed E-state index contributed by atoms with van der Waals surface area (Å²) < 4.78 is 73.4. The molecule has 1 amide bonds. The first-order valence-electron chi connectivity index (χ1n) is 9.95. The van der Waals surface area contributed by atoms with Crippen LogP contribution in [0.2, 0.25) is 0 Å². The third-order valence-electron chi connectivity index (χ3n) is 4.40. The Kier molecular flexibility index (Phi) is 8.13. The first kappa shape index (κ1) is 25.3. The number of amides is 1. The van der Waals surface area contributed by atoms with Crippen LogP contribution in [0.4, 0.5) is 27.6 Å². The number of hydrazone groups is 1. The van der Waals surface area contributed by atoms with Gasteiger partial charge in [0, 0.05) is 0 Å². The SMILES string of the molecule is O=C(OCC(=O)N(/N=C\c1ccccc1)c1cccc(C(F)(F)F)c1)c1cccc(OC(F)F)c1. The molecular formula is C24H17F5N2O4. The van der Waals surface area contributed by atoms with Crippen molar-refractivity contribution in [3.63, 3.8) is 0 Å². The standard InChI is InChI=1S/C24H17F5N2O4/c25-23(26)35-20-11-4-8-17(12-20)22(33)34-15-21(32)31(30-14-16-6-2-1-3-7-16)19-10-5-9-18(13-19)24(27,28)29/h1-14,23H,15H2/b30-14-. The highest BCUT2D eigenvalue weighted by atomic mass is 19.4. The average molecular weight is 492 g/mol. The van der Waals surface area contributed by atoms with Crippen molar-refractivity contribution in [2.75, 3.05) is 11.6 Å².